The molecule has 0 aliphatic carbocycles. The van der Waals surface area contributed by atoms with Gasteiger partial charge in [0.15, 0.2) is 0 Å². The summed E-state index contributed by atoms with van der Waals surface area (Å²) in [7, 11) is 0. The molecule has 2 N–H and O–H groups in total. The van der Waals surface area contributed by atoms with Gasteiger partial charge in [0.25, 0.3) is 0 Å². The van der Waals surface area contributed by atoms with Gasteiger partial charge in [-0.25, -0.2) is 4.79 Å². The Bertz CT molecular complexity index is 1220. The highest BCUT2D eigenvalue weighted by molar-refractivity contribution is 5.97. The first kappa shape index (κ1) is 30.1. The third kappa shape index (κ3) is 8.31. The van der Waals surface area contributed by atoms with E-state index in [0.29, 0.717) is 51.0 Å². The first-order valence-electron chi connectivity index (χ1n) is 14.5. The Labute approximate surface area is 242 Å². The minimum Gasteiger partial charge on any atom is -0.444 e. The monoisotopic (exact) mass is 562 g/mol. The fourth-order valence-corrected chi connectivity index (χ4v) is 5.35. The van der Waals surface area contributed by atoms with Crippen LogP contribution in [-0.4, -0.2) is 70.9 Å². The van der Waals surface area contributed by atoms with Crippen molar-refractivity contribution < 1.29 is 23.9 Å². The van der Waals surface area contributed by atoms with Crippen LogP contribution in [0.15, 0.2) is 54.6 Å². The SMILES string of the molecule is Cc1ccc(NC(=O)[C@H](Cc2ccccc2)NC(=O)C2CCN(C(=O)[C@@H]3CCCN3C(=O)OC(C)(C)C)CC2)cc1. The summed E-state index contributed by atoms with van der Waals surface area (Å²) in [6.45, 7) is 8.76. The Hall–Kier alpha value is -3.88. The van der Waals surface area contributed by atoms with Crippen molar-refractivity contribution in [3.05, 3.63) is 65.7 Å². The molecule has 0 aromatic heterocycles. The maximum absolute atomic E-state index is 13.3. The zero-order chi connectivity index (χ0) is 29.6. The number of amides is 4. The molecule has 9 heteroatoms. The summed E-state index contributed by atoms with van der Waals surface area (Å²) in [6, 6.07) is 15.9. The van der Waals surface area contributed by atoms with Gasteiger partial charge in [0, 0.05) is 37.7 Å². The van der Waals surface area contributed by atoms with Crippen molar-refractivity contribution >= 4 is 29.5 Å². The van der Waals surface area contributed by atoms with Gasteiger partial charge in [0.1, 0.15) is 17.7 Å². The quantitative estimate of drug-likeness (QED) is 0.523. The Kier molecular flexibility index (Phi) is 9.68. The lowest BCUT2D eigenvalue weighted by Gasteiger charge is -2.35. The lowest BCUT2D eigenvalue weighted by molar-refractivity contribution is -0.139. The van der Waals surface area contributed by atoms with E-state index in [4.69, 9.17) is 4.74 Å². The Morgan fingerprint density at radius 1 is 0.927 bits per heavy atom. The van der Waals surface area contributed by atoms with Crippen LogP contribution in [0, 0.1) is 12.8 Å². The molecule has 0 saturated carbocycles. The minimum absolute atomic E-state index is 0.0911. The van der Waals surface area contributed by atoms with Gasteiger partial charge in [0.05, 0.1) is 0 Å². The van der Waals surface area contributed by atoms with Crippen molar-refractivity contribution in [2.75, 3.05) is 25.0 Å². The van der Waals surface area contributed by atoms with E-state index >= 15 is 0 Å². The Balaban J connectivity index is 1.35. The molecule has 2 atom stereocenters. The molecule has 2 aliphatic rings. The van der Waals surface area contributed by atoms with Crippen molar-refractivity contribution in [3.63, 3.8) is 0 Å². The number of piperidine rings is 1. The highest BCUT2D eigenvalue weighted by Crippen LogP contribution is 2.25. The number of benzene rings is 2. The lowest BCUT2D eigenvalue weighted by atomic mass is 9.94. The average molecular weight is 563 g/mol. The third-order valence-corrected chi connectivity index (χ3v) is 7.58. The molecule has 2 aromatic carbocycles. The molecule has 220 valence electrons. The maximum atomic E-state index is 13.3. The third-order valence-electron chi connectivity index (χ3n) is 7.58. The van der Waals surface area contributed by atoms with Crippen LogP contribution in [0.4, 0.5) is 10.5 Å². The summed E-state index contributed by atoms with van der Waals surface area (Å²) in [6.07, 6.45) is 2.25. The number of nitrogens with zero attached hydrogens (tertiary/aromatic N) is 2. The average Bonchev–Trinajstić information content (AvgIpc) is 3.44. The molecule has 2 aliphatic heterocycles. The number of hydrogen-bond acceptors (Lipinski definition) is 5. The van der Waals surface area contributed by atoms with Gasteiger partial charge >= 0.3 is 6.09 Å². The number of anilines is 1. The molecule has 2 saturated heterocycles. The van der Waals surface area contributed by atoms with E-state index < -0.39 is 23.8 Å². The first-order chi connectivity index (χ1) is 19.5. The Morgan fingerprint density at radius 2 is 1.59 bits per heavy atom. The largest absolute Gasteiger partial charge is 0.444 e. The van der Waals surface area contributed by atoms with Gasteiger partial charge in [-0.1, -0.05) is 48.0 Å². The highest BCUT2D eigenvalue weighted by atomic mass is 16.6. The topological polar surface area (TPSA) is 108 Å². The summed E-state index contributed by atoms with van der Waals surface area (Å²) in [4.78, 5) is 55.9. The summed E-state index contributed by atoms with van der Waals surface area (Å²) < 4.78 is 5.51. The zero-order valence-corrected chi connectivity index (χ0v) is 24.5. The number of hydrogen-bond donors (Lipinski definition) is 2. The van der Waals surface area contributed by atoms with Gasteiger partial charge in [-0.2, -0.15) is 0 Å². The van der Waals surface area contributed by atoms with Crippen molar-refractivity contribution in [1.29, 1.82) is 0 Å². The van der Waals surface area contributed by atoms with E-state index in [1.165, 1.54) is 4.90 Å². The summed E-state index contributed by atoms with van der Waals surface area (Å²) in [5.41, 5.74) is 2.08. The number of likely N-dealkylation sites (tertiary alicyclic amines) is 2. The lowest BCUT2D eigenvalue weighted by Crippen LogP contribution is -2.53. The van der Waals surface area contributed by atoms with Crippen molar-refractivity contribution in [3.8, 4) is 0 Å². The summed E-state index contributed by atoms with van der Waals surface area (Å²) in [5.74, 6) is -0.864. The van der Waals surface area contributed by atoms with Crippen LogP contribution in [0.25, 0.3) is 0 Å². The van der Waals surface area contributed by atoms with E-state index in [0.717, 1.165) is 17.5 Å². The molecule has 41 heavy (non-hydrogen) atoms. The fraction of sp³-hybridized carbons (Fsp3) is 0.500. The molecule has 9 nitrogen and oxygen atoms in total. The highest BCUT2D eigenvalue weighted by Gasteiger charge is 2.40. The van der Waals surface area contributed by atoms with Crippen LogP contribution in [0.3, 0.4) is 0 Å². The van der Waals surface area contributed by atoms with E-state index in [-0.39, 0.29) is 23.6 Å². The fourth-order valence-electron chi connectivity index (χ4n) is 5.35. The molecule has 0 unspecified atom stereocenters. The maximum Gasteiger partial charge on any atom is 0.410 e. The Morgan fingerprint density at radius 3 is 2.22 bits per heavy atom. The van der Waals surface area contributed by atoms with Gasteiger partial charge in [-0.3, -0.25) is 19.3 Å². The van der Waals surface area contributed by atoms with E-state index in [1.54, 1.807) is 4.90 Å². The molecule has 0 spiro atoms. The van der Waals surface area contributed by atoms with Gasteiger partial charge in [-0.05, 0) is 71.1 Å². The van der Waals surface area contributed by atoms with Crippen LogP contribution in [-0.2, 0) is 25.5 Å². The second kappa shape index (κ2) is 13.2. The van der Waals surface area contributed by atoms with Crippen LogP contribution in [0.2, 0.25) is 0 Å². The predicted octanol–water partition coefficient (Wildman–Crippen LogP) is 4.30. The number of carbonyl (C=O) groups excluding carboxylic acids is 4. The number of rotatable bonds is 7. The molecule has 2 heterocycles. The second-order valence-electron chi connectivity index (χ2n) is 12.0. The molecule has 4 rings (SSSR count). The minimum atomic E-state index is -0.744. The molecule has 2 aromatic rings. The second-order valence-corrected chi connectivity index (χ2v) is 12.0. The molecule has 0 bridgehead atoms. The smallest absolute Gasteiger partial charge is 0.410 e. The van der Waals surface area contributed by atoms with E-state index in [2.05, 4.69) is 10.6 Å². The predicted molar refractivity (Wildman–Crippen MR) is 157 cm³/mol. The van der Waals surface area contributed by atoms with Crippen molar-refractivity contribution in [2.24, 2.45) is 5.92 Å². The van der Waals surface area contributed by atoms with Crippen molar-refractivity contribution in [2.45, 2.75) is 77.5 Å². The number of carbonyl (C=O) groups is 4. The van der Waals surface area contributed by atoms with Crippen LogP contribution in [0.5, 0.6) is 0 Å². The molecule has 4 amide bonds. The van der Waals surface area contributed by atoms with Crippen LogP contribution >= 0.6 is 0 Å². The number of aryl methyl sites for hydroxylation is 1. The van der Waals surface area contributed by atoms with Gasteiger partial charge in [0.2, 0.25) is 17.7 Å². The van der Waals surface area contributed by atoms with Crippen LogP contribution in [0.1, 0.15) is 57.6 Å². The molecule has 2 fully saturated rings. The first-order valence-corrected chi connectivity index (χ1v) is 14.5. The zero-order valence-electron chi connectivity index (χ0n) is 24.5. The van der Waals surface area contributed by atoms with Gasteiger partial charge < -0.3 is 20.3 Å². The summed E-state index contributed by atoms with van der Waals surface area (Å²) >= 11 is 0. The molecular formula is C32H42N4O5. The van der Waals surface area contributed by atoms with Crippen LogP contribution < -0.4 is 10.6 Å². The molecular weight excluding hydrogens is 520 g/mol. The van der Waals surface area contributed by atoms with E-state index in [9.17, 15) is 19.2 Å². The van der Waals surface area contributed by atoms with Crippen molar-refractivity contribution in [1.82, 2.24) is 15.1 Å². The normalized spacial score (nSPS) is 18.5. The van der Waals surface area contributed by atoms with E-state index in [1.807, 2.05) is 82.3 Å². The number of nitrogens with one attached hydrogen (secondary N) is 2. The summed E-state index contributed by atoms with van der Waals surface area (Å²) in [5, 5.41) is 5.91. The standard InChI is InChI=1S/C32H42N4O5/c1-22-12-14-25(15-13-22)33-29(38)26(21-23-9-6-5-7-10-23)34-28(37)24-16-19-35(20-17-24)30(39)27-11-8-18-36(27)31(40)41-32(2,3)4/h5-7,9-10,12-15,24,26-27H,8,11,16-21H2,1-4H3,(H,33,38)(H,34,37)/t26-,27-/m0/s1. The molecule has 0 radical (unpaired) electrons. The number of ether oxygens (including phenoxy) is 1. The van der Waals surface area contributed by atoms with Gasteiger partial charge in [-0.15, -0.1) is 0 Å².